The van der Waals surface area contributed by atoms with E-state index in [0.717, 1.165) is 41.6 Å². The molecule has 1 fully saturated rings. The Balaban J connectivity index is 1.74. The molecular formula is C32H38N4O7S. The molecule has 44 heavy (non-hydrogen) atoms. The van der Waals surface area contributed by atoms with Crippen LogP contribution in [0.4, 0.5) is 11.4 Å². The minimum Gasteiger partial charge on any atom is -0.497 e. The van der Waals surface area contributed by atoms with Crippen molar-refractivity contribution >= 4 is 33.2 Å². The Morgan fingerprint density at radius 1 is 1.05 bits per heavy atom. The van der Waals surface area contributed by atoms with Crippen molar-refractivity contribution in [3.8, 4) is 5.75 Å². The van der Waals surface area contributed by atoms with Gasteiger partial charge in [0.1, 0.15) is 18.3 Å². The van der Waals surface area contributed by atoms with E-state index in [9.17, 15) is 28.1 Å². The lowest BCUT2D eigenvalue weighted by molar-refractivity contribution is -0.385. The number of anilines is 1. The van der Waals surface area contributed by atoms with Gasteiger partial charge < -0.3 is 15.0 Å². The van der Waals surface area contributed by atoms with Crippen molar-refractivity contribution in [1.29, 1.82) is 0 Å². The van der Waals surface area contributed by atoms with Gasteiger partial charge in [0.2, 0.25) is 11.8 Å². The number of nitro groups is 1. The number of nitrogens with one attached hydrogen (secondary N) is 1. The summed E-state index contributed by atoms with van der Waals surface area (Å²) in [6.45, 7) is 2.77. The van der Waals surface area contributed by atoms with Crippen molar-refractivity contribution in [2.75, 3.05) is 18.0 Å². The van der Waals surface area contributed by atoms with Gasteiger partial charge in [-0.25, -0.2) is 8.42 Å². The molecule has 4 rings (SSSR count). The third-order valence-electron chi connectivity index (χ3n) is 7.89. The zero-order chi connectivity index (χ0) is 31.9. The second kappa shape index (κ2) is 14.3. The Morgan fingerprint density at radius 2 is 1.70 bits per heavy atom. The van der Waals surface area contributed by atoms with Crippen molar-refractivity contribution in [2.24, 2.45) is 0 Å². The van der Waals surface area contributed by atoms with Gasteiger partial charge in [0.15, 0.2) is 0 Å². The number of methoxy groups -OCH3 is 1. The van der Waals surface area contributed by atoms with Crippen molar-refractivity contribution in [3.63, 3.8) is 0 Å². The molecule has 3 aromatic rings. The topological polar surface area (TPSA) is 139 Å². The third kappa shape index (κ3) is 7.54. The van der Waals surface area contributed by atoms with Gasteiger partial charge in [-0.05, 0) is 62.1 Å². The molecule has 1 atom stereocenters. The van der Waals surface area contributed by atoms with E-state index in [1.807, 2.05) is 37.3 Å². The molecule has 2 amide bonds. The van der Waals surface area contributed by atoms with E-state index < -0.39 is 33.4 Å². The summed E-state index contributed by atoms with van der Waals surface area (Å²) in [6, 6.07) is 18.1. The zero-order valence-corrected chi connectivity index (χ0v) is 26.0. The monoisotopic (exact) mass is 622 g/mol. The number of aryl methyl sites for hydroxylation is 1. The lowest BCUT2D eigenvalue weighted by atomic mass is 10.1. The van der Waals surface area contributed by atoms with Crippen molar-refractivity contribution in [1.82, 2.24) is 10.2 Å². The molecule has 0 radical (unpaired) electrons. The summed E-state index contributed by atoms with van der Waals surface area (Å²) < 4.78 is 34.4. The third-order valence-corrected chi connectivity index (χ3v) is 9.66. The first kappa shape index (κ1) is 32.5. The number of hydrogen-bond acceptors (Lipinski definition) is 7. The van der Waals surface area contributed by atoms with Gasteiger partial charge in [-0.1, -0.05) is 56.2 Å². The van der Waals surface area contributed by atoms with Crippen LogP contribution in [0.2, 0.25) is 0 Å². The molecule has 11 nitrogen and oxygen atoms in total. The second-order valence-corrected chi connectivity index (χ2v) is 12.7. The summed E-state index contributed by atoms with van der Waals surface area (Å²) in [4.78, 5) is 39.8. The number of carbonyl (C=O) groups is 2. The van der Waals surface area contributed by atoms with E-state index in [1.54, 1.807) is 12.1 Å². The Bertz CT molecular complexity index is 1570. The van der Waals surface area contributed by atoms with Gasteiger partial charge in [0, 0.05) is 24.2 Å². The maximum absolute atomic E-state index is 14.2. The fraction of sp³-hybridized carbons (Fsp3) is 0.375. The molecule has 3 aromatic carbocycles. The lowest BCUT2D eigenvalue weighted by Crippen LogP contribution is -2.53. The van der Waals surface area contributed by atoms with Gasteiger partial charge in [-0.15, -0.1) is 0 Å². The van der Waals surface area contributed by atoms with Crippen LogP contribution < -0.4 is 14.4 Å². The number of ether oxygens (including phenoxy) is 1. The SMILES string of the molecule is CCC(C(=O)NC1CCCC1)N(Cc1ccccc1)C(=O)CN(c1ccc(OC)cc1)S(=O)(=O)c1ccc(C)c([N+](=O)[O-])c1. The van der Waals surface area contributed by atoms with Crippen LogP contribution >= 0.6 is 0 Å². The lowest BCUT2D eigenvalue weighted by Gasteiger charge is -2.33. The maximum atomic E-state index is 14.2. The summed E-state index contributed by atoms with van der Waals surface area (Å²) >= 11 is 0. The summed E-state index contributed by atoms with van der Waals surface area (Å²) in [7, 11) is -3.01. The molecule has 0 spiro atoms. The first-order valence-electron chi connectivity index (χ1n) is 14.6. The maximum Gasteiger partial charge on any atom is 0.273 e. The van der Waals surface area contributed by atoms with Crippen molar-refractivity contribution in [3.05, 3.63) is 94.0 Å². The van der Waals surface area contributed by atoms with Crippen molar-refractivity contribution in [2.45, 2.75) is 69.5 Å². The van der Waals surface area contributed by atoms with E-state index in [0.29, 0.717) is 17.7 Å². The number of nitro benzene ring substituents is 1. The fourth-order valence-electron chi connectivity index (χ4n) is 5.42. The average molecular weight is 623 g/mol. The van der Waals surface area contributed by atoms with Crippen LogP contribution in [-0.4, -0.2) is 55.8 Å². The molecule has 0 bridgehead atoms. The molecule has 1 unspecified atom stereocenters. The highest BCUT2D eigenvalue weighted by atomic mass is 32.2. The predicted octanol–water partition coefficient (Wildman–Crippen LogP) is 4.97. The van der Waals surface area contributed by atoms with Crippen LogP contribution in [0.15, 0.2) is 77.7 Å². The van der Waals surface area contributed by atoms with E-state index in [-0.39, 0.29) is 34.8 Å². The van der Waals surface area contributed by atoms with Crippen LogP contribution in [0.1, 0.15) is 50.2 Å². The number of hydrogen-bond donors (Lipinski definition) is 1. The molecule has 1 N–H and O–H groups in total. The summed E-state index contributed by atoms with van der Waals surface area (Å²) in [5.41, 5.74) is 0.882. The summed E-state index contributed by atoms with van der Waals surface area (Å²) in [5.74, 6) is -0.399. The Labute approximate surface area is 258 Å². The van der Waals surface area contributed by atoms with Crippen molar-refractivity contribution < 1.29 is 27.7 Å². The molecular weight excluding hydrogens is 584 g/mol. The summed E-state index contributed by atoms with van der Waals surface area (Å²) in [5, 5.41) is 14.7. The molecule has 1 aliphatic carbocycles. The molecule has 1 aliphatic rings. The quantitative estimate of drug-likeness (QED) is 0.210. The number of rotatable bonds is 13. The molecule has 1 saturated carbocycles. The normalized spacial score (nSPS) is 14.1. The molecule has 12 heteroatoms. The minimum atomic E-state index is -4.48. The Kier molecular flexibility index (Phi) is 10.6. The number of amides is 2. The van der Waals surface area contributed by atoms with Gasteiger partial charge in [0.05, 0.1) is 22.6 Å². The zero-order valence-electron chi connectivity index (χ0n) is 25.1. The summed E-state index contributed by atoms with van der Waals surface area (Å²) in [6.07, 6.45) is 4.12. The van der Waals surface area contributed by atoms with Crippen LogP contribution in [0.25, 0.3) is 0 Å². The molecule has 0 heterocycles. The number of sulfonamides is 1. The van der Waals surface area contributed by atoms with E-state index in [2.05, 4.69) is 5.32 Å². The number of carbonyl (C=O) groups excluding carboxylic acids is 2. The highest BCUT2D eigenvalue weighted by Crippen LogP contribution is 2.30. The van der Waals surface area contributed by atoms with Gasteiger partial charge >= 0.3 is 0 Å². The van der Waals surface area contributed by atoms with Crippen LogP contribution in [0, 0.1) is 17.0 Å². The van der Waals surface area contributed by atoms with Crippen LogP contribution in [-0.2, 0) is 26.2 Å². The van der Waals surface area contributed by atoms with E-state index in [4.69, 9.17) is 4.74 Å². The highest BCUT2D eigenvalue weighted by Gasteiger charge is 2.35. The standard InChI is InChI=1S/C32H38N4O7S/c1-4-29(32(38)33-25-12-8-9-13-25)34(21-24-10-6-5-7-11-24)31(37)22-35(26-15-17-27(43-3)18-16-26)44(41,42)28-19-14-23(2)30(20-28)36(39)40/h5-7,10-11,14-20,25,29H,4,8-9,12-13,21-22H2,1-3H3,(H,33,38). The first-order chi connectivity index (χ1) is 21.0. The van der Waals surface area contributed by atoms with Crippen LogP contribution in [0.3, 0.4) is 0 Å². The predicted molar refractivity (Wildman–Crippen MR) is 167 cm³/mol. The van der Waals surface area contributed by atoms with E-state index in [1.165, 1.54) is 43.2 Å². The average Bonchev–Trinajstić information content (AvgIpc) is 3.53. The van der Waals surface area contributed by atoms with E-state index >= 15 is 0 Å². The Hall–Kier alpha value is -4.45. The molecule has 0 aromatic heterocycles. The molecule has 0 saturated heterocycles. The smallest absolute Gasteiger partial charge is 0.273 e. The van der Waals surface area contributed by atoms with Crippen LogP contribution in [0.5, 0.6) is 5.75 Å². The number of benzene rings is 3. The highest BCUT2D eigenvalue weighted by molar-refractivity contribution is 7.92. The second-order valence-electron chi connectivity index (χ2n) is 10.8. The molecule has 0 aliphatic heterocycles. The largest absolute Gasteiger partial charge is 0.497 e. The number of nitrogens with zero attached hydrogens (tertiary/aromatic N) is 3. The van der Waals surface area contributed by atoms with Gasteiger partial charge in [-0.3, -0.25) is 24.0 Å². The Morgan fingerprint density at radius 3 is 2.30 bits per heavy atom. The minimum absolute atomic E-state index is 0.0405. The van der Waals surface area contributed by atoms with Gasteiger partial charge in [-0.2, -0.15) is 0 Å². The first-order valence-corrected chi connectivity index (χ1v) is 16.0. The molecule has 234 valence electrons. The fourth-order valence-corrected chi connectivity index (χ4v) is 6.85. The van der Waals surface area contributed by atoms with Gasteiger partial charge in [0.25, 0.3) is 15.7 Å².